The van der Waals surface area contributed by atoms with E-state index in [0.717, 1.165) is 19.0 Å². The Bertz CT molecular complexity index is 202. The number of halogens is 3. The van der Waals surface area contributed by atoms with Gasteiger partial charge in [0.15, 0.2) is 0 Å². The fourth-order valence-electron chi connectivity index (χ4n) is 1.80. The zero-order valence-corrected chi connectivity index (χ0v) is 9.98. The molecule has 0 aromatic rings. The van der Waals surface area contributed by atoms with E-state index in [-0.39, 0.29) is 6.04 Å². The Morgan fingerprint density at radius 3 is 2.44 bits per heavy atom. The molecule has 1 atom stereocenters. The topological polar surface area (TPSA) is 15.3 Å². The van der Waals surface area contributed by atoms with Crippen molar-refractivity contribution in [2.24, 2.45) is 5.92 Å². The van der Waals surface area contributed by atoms with Gasteiger partial charge in [0.05, 0.1) is 6.54 Å². The molecule has 1 saturated carbocycles. The van der Waals surface area contributed by atoms with Crippen molar-refractivity contribution < 1.29 is 13.2 Å². The number of nitrogens with zero attached hydrogens (tertiary/aromatic N) is 1. The molecule has 96 valence electrons. The van der Waals surface area contributed by atoms with E-state index in [1.54, 1.807) is 0 Å². The Morgan fingerprint density at radius 2 is 2.00 bits per heavy atom. The lowest BCUT2D eigenvalue weighted by Gasteiger charge is -2.28. The van der Waals surface area contributed by atoms with E-state index >= 15 is 0 Å². The number of likely N-dealkylation sites (N-methyl/N-ethyl adjacent to an activating group) is 1. The van der Waals surface area contributed by atoms with E-state index in [2.05, 4.69) is 17.1 Å². The second kappa shape index (κ2) is 5.87. The SMILES string of the molecule is CCN(CC1CC1)C(C)CNCC(F)(F)F. The van der Waals surface area contributed by atoms with Gasteiger partial charge in [0.25, 0.3) is 0 Å². The second-order valence-electron chi connectivity index (χ2n) is 4.63. The van der Waals surface area contributed by atoms with Gasteiger partial charge in [0, 0.05) is 19.1 Å². The van der Waals surface area contributed by atoms with Gasteiger partial charge in [-0.3, -0.25) is 4.90 Å². The molecule has 0 aromatic heterocycles. The molecule has 0 bridgehead atoms. The molecule has 1 N–H and O–H groups in total. The van der Waals surface area contributed by atoms with Gasteiger partial charge >= 0.3 is 6.18 Å². The summed E-state index contributed by atoms with van der Waals surface area (Å²) < 4.78 is 35.8. The molecule has 0 aromatic carbocycles. The van der Waals surface area contributed by atoms with Gasteiger partial charge < -0.3 is 5.32 Å². The Kier molecular flexibility index (Phi) is 5.05. The van der Waals surface area contributed by atoms with Crippen molar-refractivity contribution in [3.05, 3.63) is 0 Å². The number of hydrogen-bond acceptors (Lipinski definition) is 2. The Hall–Kier alpha value is -0.290. The molecule has 0 spiro atoms. The first-order chi connectivity index (χ1) is 7.42. The molecule has 2 nitrogen and oxygen atoms in total. The molecule has 0 amide bonds. The summed E-state index contributed by atoms with van der Waals surface area (Å²) in [5, 5.41) is 2.47. The summed E-state index contributed by atoms with van der Waals surface area (Å²) >= 11 is 0. The van der Waals surface area contributed by atoms with Crippen molar-refractivity contribution in [2.75, 3.05) is 26.2 Å². The quantitative estimate of drug-likeness (QED) is 0.732. The van der Waals surface area contributed by atoms with Crippen molar-refractivity contribution in [3.8, 4) is 0 Å². The van der Waals surface area contributed by atoms with Gasteiger partial charge in [0.1, 0.15) is 0 Å². The van der Waals surface area contributed by atoms with E-state index in [0.29, 0.717) is 6.54 Å². The van der Waals surface area contributed by atoms with E-state index in [4.69, 9.17) is 0 Å². The normalized spacial score (nSPS) is 19.1. The van der Waals surface area contributed by atoms with Crippen LogP contribution in [0, 0.1) is 5.92 Å². The van der Waals surface area contributed by atoms with Gasteiger partial charge in [-0.25, -0.2) is 0 Å². The van der Waals surface area contributed by atoms with Gasteiger partial charge in [-0.2, -0.15) is 13.2 Å². The second-order valence-corrected chi connectivity index (χ2v) is 4.63. The fraction of sp³-hybridized carbons (Fsp3) is 1.00. The van der Waals surface area contributed by atoms with Crippen LogP contribution in [0.15, 0.2) is 0 Å². The number of nitrogens with one attached hydrogen (secondary N) is 1. The average molecular weight is 238 g/mol. The van der Waals surface area contributed by atoms with Gasteiger partial charge in [-0.05, 0) is 32.2 Å². The lowest BCUT2D eigenvalue weighted by molar-refractivity contribution is -0.125. The van der Waals surface area contributed by atoms with Crippen LogP contribution in [-0.2, 0) is 0 Å². The van der Waals surface area contributed by atoms with Gasteiger partial charge in [-0.1, -0.05) is 6.92 Å². The van der Waals surface area contributed by atoms with Crippen LogP contribution in [0.5, 0.6) is 0 Å². The van der Waals surface area contributed by atoms with Crippen LogP contribution in [0.25, 0.3) is 0 Å². The van der Waals surface area contributed by atoms with Crippen LogP contribution in [0.4, 0.5) is 13.2 Å². The molecule has 1 fully saturated rings. The first kappa shape index (κ1) is 13.8. The summed E-state index contributed by atoms with van der Waals surface area (Å²) in [7, 11) is 0. The standard InChI is InChI=1S/C11H21F3N2/c1-3-16(7-10-4-5-10)9(2)6-15-8-11(12,13)14/h9-10,15H,3-8H2,1-2H3. The lowest BCUT2D eigenvalue weighted by Crippen LogP contribution is -2.43. The smallest absolute Gasteiger partial charge is 0.307 e. The van der Waals surface area contributed by atoms with Crippen molar-refractivity contribution in [2.45, 2.75) is 38.9 Å². The minimum absolute atomic E-state index is 0.174. The van der Waals surface area contributed by atoms with Crippen molar-refractivity contribution in [3.63, 3.8) is 0 Å². The van der Waals surface area contributed by atoms with E-state index in [1.807, 2.05) is 6.92 Å². The molecule has 0 aliphatic heterocycles. The number of rotatable bonds is 7. The third kappa shape index (κ3) is 5.70. The van der Waals surface area contributed by atoms with Gasteiger partial charge in [0.2, 0.25) is 0 Å². The summed E-state index contributed by atoms with van der Waals surface area (Å²) in [6.07, 6.45) is -1.55. The molecular weight excluding hydrogens is 217 g/mol. The van der Waals surface area contributed by atoms with Gasteiger partial charge in [-0.15, -0.1) is 0 Å². The first-order valence-corrected chi connectivity index (χ1v) is 5.94. The Balaban J connectivity index is 2.17. The van der Waals surface area contributed by atoms with Crippen LogP contribution in [-0.4, -0.2) is 43.3 Å². The van der Waals surface area contributed by atoms with E-state index in [1.165, 1.54) is 12.8 Å². The first-order valence-electron chi connectivity index (χ1n) is 5.94. The maximum atomic E-state index is 11.9. The monoisotopic (exact) mass is 238 g/mol. The Morgan fingerprint density at radius 1 is 1.38 bits per heavy atom. The molecule has 5 heteroatoms. The van der Waals surface area contributed by atoms with Crippen molar-refractivity contribution in [1.29, 1.82) is 0 Å². The molecule has 1 rings (SSSR count). The summed E-state index contributed by atoms with van der Waals surface area (Å²) in [5.74, 6) is 0.782. The minimum Gasteiger partial charge on any atom is -0.307 e. The molecule has 0 radical (unpaired) electrons. The lowest BCUT2D eigenvalue weighted by atomic mass is 10.2. The van der Waals surface area contributed by atoms with Crippen LogP contribution in [0.3, 0.4) is 0 Å². The highest BCUT2D eigenvalue weighted by molar-refractivity contribution is 4.80. The summed E-state index contributed by atoms with van der Waals surface area (Å²) in [6.45, 7) is 5.49. The molecule has 0 heterocycles. The highest BCUT2D eigenvalue weighted by Crippen LogP contribution is 2.30. The molecule has 1 unspecified atom stereocenters. The third-order valence-electron chi connectivity index (χ3n) is 2.98. The van der Waals surface area contributed by atoms with Crippen molar-refractivity contribution in [1.82, 2.24) is 10.2 Å². The third-order valence-corrected chi connectivity index (χ3v) is 2.98. The minimum atomic E-state index is -4.10. The predicted molar refractivity (Wildman–Crippen MR) is 58.4 cm³/mol. The molecule has 1 aliphatic rings. The zero-order chi connectivity index (χ0) is 12.2. The highest BCUT2D eigenvalue weighted by atomic mass is 19.4. The molecular formula is C11H21F3N2. The average Bonchev–Trinajstić information content (AvgIpc) is 2.95. The maximum absolute atomic E-state index is 11.9. The Labute approximate surface area is 95.2 Å². The summed E-state index contributed by atoms with van der Waals surface area (Å²) in [6, 6.07) is 0.174. The zero-order valence-electron chi connectivity index (χ0n) is 9.98. The largest absolute Gasteiger partial charge is 0.401 e. The summed E-state index contributed by atoms with van der Waals surface area (Å²) in [5.41, 5.74) is 0. The van der Waals surface area contributed by atoms with Crippen LogP contribution >= 0.6 is 0 Å². The molecule has 16 heavy (non-hydrogen) atoms. The number of hydrogen-bond donors (Lipinski definition) is 1. The highest BCUT2D eigenvalue weighted by Gasteiger charge is 2.28. The van der Waals surface area contributed by atoms with E-state index in [9.17, 15) is 13.2 Å². The summed E-state index contributed by atoms with van der Waals surface area (Å²) in [4.78, 5) is 2.25. The van der Waals surface area contributed by atoms with Crippen LogP contribution in [0.1, 0.15) is 26.7 Å². The fourth-order valence-corrected chi connectivity index (χ4v) is 1.80. The number of alkyl halides is 3. The molecule has 1 aliphatic carbocycles. The van der Waals surface area contributed by atoms with E-state index < -0.39 is 12.7 Å². The van der Waals surface area contributed by atoms with Crippen LogP contribution in [0.2, 0.25) is 0 Å². The van der Waals surface area contributed by atoms with Crippen molar-refractivity contribution >= 4 is 0 Å². The predicted octanol–water partition coefficient (Wildman–Crippen LogP) is 2.26. The van der Waals surface area contributed by atoms with Crippen LogP contribution < -0.4 is 5.32 Å². The maximum Gasteiger partial charge on any atom is 0.401 e. The molecule has 0 saturated heterocycles.